The average Bonchev–Trinajstić information content (AvgIpc) is 2.31. The smallest absolute Gasteiger partial charge is 0.0589 e. The van der Waals surface area contributed by atoms with Gasteiger partial charge in [-0.15, -0.1) is 0 Å². The second kappa shape index (κ2) is 11.4. The molecule has 0 aliphatic heterocycles. The molecule has 0 amide bonds. The summed E-state index contributed by atoms with van der Waals surface area (Å²) in [6.45, 7) is 8.83. The lowest BCUT2D eigenvalue weighted by molar-refractivity contribution is 0.121. The number of hydrogen-bond donors (Lipinski definition) is 1. The average molecular weight is 230 g/mol. The molecule has 0 heterocycles. The van der Waals surface area contributed by atoms with Crippen LogP contribution in [0.2, 0.25) is 0 Å². The van der Waals surface area contributed by atoms with Crippen LogP contribution in [0.4, 0.5) is 0 Å². The molecule has 1 atom stereocenters. The van der Waals surface area contributed by atoms with Gasteiger partial charge in [-0.3, -0.25) is 4.90 Å². The lowest BCUT2D eigenvalue weighted by atomic mass is 10.1. The fourth-order valence-electron chi connectivity index (χ4n) is 1.81. The first kappa shape index (κ1) is 15.9. The molecule has 1 unspecified atom stereocenters. The number of unbranched alkanes of at least 4 members (excludes halogenated alkanes) is 2. The van der Waals surface area contributed by atoms with Gasteiger partial charge in [-0.05, 0) is 46.3 Å². The van der Waals surface area contributed by atoms with E-state index in [1.54, 1.807) is 7.11 Å². The van der Waals surface area contributed by atoms with Gasteiger partial charge in [0.05, 0.1) is 6.61 Å². The highest BCUT2D eigenvalue weighted by Crippen LogP contribution is 2.06. The Bertz CT molecular complexity index is 142. The molecule has 0 aromatic carbocycles. The summed E-state index contributed by atoms with van der Waals surface area (Å²) in [4.78, 5) is 2.54. The maximum atomic E-state index is 5.16. The monoisotopic (exact) mass is 230 g/mol. The molecule has 0 fully saturated rings. The van der Waals surface area contributed by atoms with Gasteiger partial charge in [0.2, 0.25) is 0 Å². The summed E-state index contributed by atoms with van der Waals surface area (Å²) in [7, 11) is 3.80. The van der Waals surface area contributed by atoms with Gasteiger partial charge in [0.15, 0.2) is 0 Å². The Morgan fingerprint density at radius 2 is 1.94 bits per heavy atom. The van der Waals surface area contributed by atoms with Crippen molar-refractivity contribution in [3.05, 3.63) is 0 Å². The zero-order valence-corrected chi connectivity index (χ0v) is 11.6. The number of methoxy groups -OCH3 is 1. The fourth-order valence-corrected chi connectivity index (χ4v) is 1.81. The fraction of sp³-hybridized carbons (Fsp3) is 1.00. The van der Waals surface area contributed by atoms with Crippen LogP contribution in [-0.2, 0) is 4.74 Å². The molecule has 0 aromatic rings. The second-order valence-corrected chi connectivity index (χ2v) is 4.45. The minimum atomic E-state index is 0.680. The SMILES string of the molecule is CCC(C)N(CCCCCNC)CCOC. The molecule has 0 saturated heterocycles. The molecule has 0 radical (unpaired) electrons. The predicted octanol–water partition coefficient (Wildman–Crippen LogP) is 2.12. The topological polar surface area (TPSA) is 24.5 Å². The summed E-state index contributed by atoms with van der Waals surface area (Å²) < 4.78 is 5.16. The summed E-state index contributed by atoms with van der Waals surface area (Å²) in [6.07, 6.45) is 5.13. The Morgan fingerprint density at radius 1 is 1.19 bits per heavy atom. The van der Waals surface area contributed by atoms with E-state index in [9.17, 15) is 0 Å². The molecule has 0 rings (SSSR count). The van der Waals surface area contributed by atoms with E-state index in [1.165, 1.54) is 32.2 Å². The van der Waals surface area contributed by atoms with Crippen LogP contribution in [0.5, 0.6) is 0 Å². The minimum absolute atomic E-state index is 0.680. The summed E-state index contributed by atoms with van der Waals surface area (Å²) in [5.74, 6) is 0. The minimum Gasteiger partial charge on any atom is -0.383 e. The molecule has 1 N–H and O–H groups in total. The standard InChI is InChI=1S/C13H30N2O/c1-5-13(2)15(11-12-16-4)10-8-6-7-9-14-3/h13-14H,5-12H2,1-4H3. The van der Waals surface area contributed by atoms with Gasteiger partial charge in [-0.2, -0.15) is 0 Å². The van der Waals surface area contributed by atoms with Gasteiger partial charge in [0.1, 0.15) is 0 Å². The van der Waals surface area contributed by atoms with Crippen molar-refractivity contribution in [1.82, 2.24) is 10.2 Å². The van der Waals surface area contributed by atoms with Crippen LogP contribution in [0.3, 0.4) is 0 Å². The van der Waals surface area contributed by atoms with Crippen molar-refractivity contribution in [3.8, 4) is 0 Å². The second-order valence-electron chi connectivity index (χ2n) is 4.45. The van der Waals surface area contributed by atoms with Crippen LogP contribution in [0, 0.1) is 0 Å². The summed E-state index contributed by atoms with van der Waals surface area (Å²) in [5.41, 5.74) is 0. The van der Waals surface area contributed by atoms with E-state index in [1.807, 2.05) is 7.05 Å². The highest BCUT2D eigenvalue weighted by molar-refractivity contribution is 4.65. The van der Waals surface area contributed by atoms with E-state index in [2.05, 4.69) is 24.1 Å². The Hall–Kier alpha value is -0.120. The van der Waals surface area contributed by atoms with Crippen molar-refractivity contribution in [1.29, 1.82) is 0 Å². The van der Waals surface area contributed by atoms with Crippen LogP contribution in [-0.4, -0.2) is 51.3 Å². The Labute approximate surface area is 102 Å². The summed E-state index contributed by atoms with van der Waals surface area (Å²) in [5, 5.41) is 3.19. The molecular formula is C13H30N2O. The van der Waals surface area contributed by atoms with E-state index >= 15 is 0 Å². The van der Waals surface area contributed by atoms with Crippen molar-refractivity contribution in [3.63, 3.8) is 0 Å². The van der Waals surface area contributed by atoms with Crippen molar-refractivity contribution in [2.75, 3.05) is 40.4 Å². The number of ether oxygens (including phenoxy) is 1. The van der Waals surface area contributed by atoms with Gasteiger partial charge < -0.3 is 10.1 Å². The van der Waals surface area contributed by atoms with Crippen LogP contribution >= 0.6 is 0 Å². The van der Waals surface area contributed by atoms with Gasteiger partial charge >= 0.3 is 0 Å². The van der Waals surface area contributed by atoms with Crippen molar-refractivity contribution < 1.29 is 4.74 Å². The van der Waals surface area contributed by atoms with Crippen LogP contribution in [0.15, 0.2) is 0 Å². The molecule has 0 spiro atoms. The normalized spacial score (nSPS) is 13.3. The van der Waals surface area contributed by atoms with E-state index in [0.717, 1.165) is 19.7 Å². The van der Waals surface area contributed by atoms with Crippen LogP contribution in [0.1, 0.15) is 39.5 Å². The van der Waals surface area contributed by atoms with Gasteiger partial charge in [-0.25, -0.2) is 0 Å². The zero-order chi connectivity index (χ0) is 12.2. The molecule has 3 nitrogen and oxygen atoms in total. The first-order valence-corrected chi connectivity index (χ1v) is 6.63. The Morgan fingerprint density at radius 3 is 2.50 bits per heavy atom. The highest BCUT2D eigenvalue weighted by atomic mass is 16.5. The maximum absolute atomic E-state index is 5.16. The molecule has 16 heavy (non-hydrogen) atoms. The van der Waals surface area contributed by atoms with Gasteiger partial charge in [0, 0.05) is 19.7 Å². The van der Waals surface area contributed by atoms with Gasteiger partial charge in [-0.1, -0.05) is 13.3 Å². The van der Waals surface area contributed by atoms with Crippen LogP contribution in [0.25, 0.3) is 0 Å². The maximum Gasteiger partial charge on any atom is 0.0589 e. The third kappa shape index (κ3) is 8.08. The number of nitrogens with zero attached hydrogens (tertiary/aromatic N) is 1. The Balaban J connectivity index is 3.65. The van der Waals surface area contributed by atoms with E-state index in [4.69, 9.17) is 4.74 Å². The highest BCUT2D eigenvalue weighted by Gasteiger charge is 2.10. The molecular weight excluding hydrogens is 200 g/mol. The predicted molar refractivity (Wildman–Crippen MR) is 71.0 cm³/mol. The molecule has 0 aliphatic rings. The quantitative estimate of drug-likeness (QED) is 0.550. The molecule has 98 valence electrons. The van der Waals surface area contributed by atoms with Gasteiger partial charge in [0.25, 0.3) is 0 Å². The molecule has 0 aromatic heterocycles. The third-order valence-electron chi connectivity index (χ3n) is 3.17. The van der Waals surface area contributed by atoms with Crippen molar-refractivity contribution in [2.24, 2.45) is 0 Å². The van der Waals surface area contributed by atoms with E-state index in [0.29, 0.717) is 6.04 Å². The number of rotatable bonds is 11. The number of nitrogens with one attached hydrogen (secondary N) is 1. The Kier molecular flexibility index (Phi) is 11.3. The first-order chi connectivity index (χ1) is 7.76. The molecule has 0 bridgehead atoms. The third-order valence-corrected chi connectivity index (χ3v) is 3.17. The summed E-state index contributed by atoms with van der Waals surface area (Å²) in [6, 6.07) is 0.680. The lowest BCUT2D eigenvalue weighted by Gasteiger charge is -2.28. The largest absolute Gasteiger partial charge is 0.383 e. The van der Waals surface area contributed by atoms with Crippen molar-refractivity contribution >= 4 is 0 Å². The van der Waals surface area contributed by atoms with Crippen molar-refractivity contribution in [2.45, 2.75) is 45.6 Å². The lowest BCUT2D eigenvalue weighted by Crippen LogP contribution is -2.36. The molecule has 0 saturated carbocycles. The summed E-state index contributed by atoms with van der Waals surface area (Å²) >= 11 is 0. The number of hydrogen-bond acceptors (Lipinski definition) is 3. The molecule has 3 heteroatoms. The first-order valence-electron chi connectivity index (χ1n) is 6.63. The zero-order valence-electron chi connectivity index (χ0n) is 11.6. The van der Waals surface area contributed by atoms with E-state index in [-0.39, 0.29) is 0 Å². The van der Waals surface area contributed by atoms with E-state index < -0.39 is 0 Å². The molecule has 0 aliphatic carbocycles. The van der Waals surface area contributed by atoms with Crippen LogP contribution < -0.4 is 5.32 Å².